The minimum atomic E-state index is -4.61. The van der Waals surface area contributed by atoms with Crippen LogP contribution in [-0.4, -0.2) is 19.1 Å². The Labute approximate surface area is 188 Å². The molecular formula is C24H34ClF3N2O. The number of rotatable bonds is 5. The molecule has 2 aliphatic carbocycles. The molecule has 2 saturated carbocycles. The highest BCUT2D eigenvalue weighted by molar-refractivity contribution is 6.31. The largest absolute Gasteiger partial charge is 0.524 e. The highest BCUT2D eigenvalue weighted by Crippen LogP contribution is 2.58. The van der Waals surface area contributed by atoms with E-state index in [-0.39, 0.29) is 5.41 Å². The fourth-order valence-corrected chi connectivity index (χ4v) is 5.07. The van der Waals surface area contributed by atoms with E-state index in [1.165, 1.54) is 30.2 Å². The van der Waals surface area contributed by atoms with E-state index in [1.54, 1.807) is 6.08 Å². The van der Waals surface area contributed by atoms with Gasteiger partial charge in [0.2, 0.25) is 0 Å². The molecule has 1 unspecified atom stereocenters. The van der Waals surface area contributed by atoms with Gasteiger partial charge in [0.1, 0.15) is 0 Å². The predicted molar refractivity (Wildman–Crippen MR) is 119 cm³/mol. The van der Waals surface area contributed by atoms with Crippen molar-refractivity contribution >= 4 is 11.6 Å². The van der Waals surface area contributed by atoms with Gasteiger partial charge < -0.3 is 10.6 Å². The second kappa shape index (κ2) is 8.86. The molecule has 2 fully saturated rings. The quantitative estimate of drug-likeness (QED) is 0.478. The molecule has 0 radical (unpaired) electrons. The topological polar surface area (TPSA) is 33.3 Å². The average molecular weight is 459 g/mol. The summed E-state index contributed by atoms with van der Waals surface area (Å²) in [5.74, 6) is 1.10. The smallest absolute Gasteiger partial charge is 0.383 e. The van der Waals surface area contributed by atoms with Gasteiger partial charge in [-0.3, -0.25) is 4.74 Å². The van der Waals surface area contributed by atoms with Gasteiger partial charge in [0.05, 0.1) is 5.03 Å². The zero-order valence-corrected chi connectivity index (χ0v) is 19.8. The SMILES string of the molecule is CC(C)C1(C2=CC=CC(OC(F)(F)F)N2)CC1.CC1=CC(Cl)=C(C2(C(C)C)CC2)NC1. The van der Waals surface area contributed by atoms with Crippen LogP contribution in [0.15, 0.2) is 46.3 Å². The molecule has 0 bridgehead atoms. The van der Waals surface area contributed by atoms with Gasteiger partial charge in [-0.15, -0.1) is 13.2 Å². The van der Waals surface area contributed by atoms with Crippen LogP contribution in [0.4, 0.5) is 13.2 Å². The molecule has 3 nitrogen and oxygen atoms in total. The van der Waals surface area contributed by atoms with Gasteiger partial charge in [0.15, 0.2) is 6.23 Å². The monoisotopic (exact) mass is 458 g/mol. The first-order chi connectivity index (χ1) is 14.4. The van der Waals surface area contributed by atoms with Gasteiger partial charge in [0.25, 0.3) is 0 Å². The maximum absolute atomic E-state index is 12.1. The van der Waals surface area contributed by atoms with Gasteiger partial charge >= 0.3 is 6.36 Å². The number of dihydropyridines is 2. The molecule has 0 aromatic heterocycles. The molecule has 0 aromatic carbocycles. The summed E-state index contributed by atoms with van der Waals surface area (Å²) in [6, 6.07) is 0. The van der Waals surface area contributed by atoms with Crippen molar-refractivity contribution in [3.8, 4) is 0 Å². The second-order valence-electron chi connectivity index (χ2n) is 9.78. The third-order valence-corrected chi connectivity index (χ3v) is 7.38. The van der Waals surface area contributed by atoms with Crippen molar-refractivity contribution in [2.75, 3.05) is 6.54 Å². The van der Waals surface area contributed by atoms with Gasteiger partial charge in [0, 0.05) is 28.8 Å². The molecule has 31 heavy (non-hydrogen) atoms. The van der Waals surface area contributed by atoms with E-state index in [0.29, 0.717) is 17.3 Å². The van der Waals surface area contributed by atoms with Gasteiger partial charge in [-0.25, -0.2) is 0 Å². The Bertz CT molecular complexity index is 800. The minimum absolute atomic E-state index is 0.0258. The Balaban J connectivity index is 0.000000179. The lowest BCUT2D eigenvalue weighted by molar-refractivity contribution is -0.339. The lowest BCUT2D eigenvalue weighted by atomic mass is 9.87. The summed E-state index contributed by atoms with van der Waals surface area (Å²) in [7, 11) is 0. The maximum atomic E-state index is 12.1. The molecule has 4 rings (SSSR count). The highest BCUT2D eigenvalue weighted by Gasteiger charge is 2.50. The first-order valence-electron chi connectivity index (χ1n) is 11.1. The maximum Gasteiger partial charge on any atom is 0.524 e. The van der Waals surface area contributed by atoms with Crippen molar-refractivity contribution in [2.45, 2.75) is 72.9 Å². The fourth-order valence-electron chi connectivity index (χ4n) is 4.63. The van der Waals surface area contributed by atoms with E-state index in [0.717, 1.165) is 30.1 Å². The number of allylic oxidation sites excluding steroid dienone is 6. The summed E-state index contributed by atoms with van der Waals surface area (Å²) in [5.41, 5.74) is 3.87. The van der Waals surface area contributed by atoms with Gasteiger partial charge in [-0.05, 0) is 62.7 Å². The normalized spacial score (nSPS) is 25.8. The molecule has 0 amide bonds. The van der Waals surface area contributed by atoms with Crippen molar-refractivity contribution in [3.05, 3.63) is 46.3 Å². The van der Waals surface area contributed by atoms with Crippen molar-refractivity contribution in [1.29, 1.82) is 0 Å². The summed E-state index contributed by atoms with van der Waals surface area (Å²) in [6.45, 7) is 11.8. The van der Waals surface area contributed by atoms with Crippen LogP contribution >= 0.6 is 11.6 Å². The summed E-state index contributed by atoms with van der Waals surface area (Å²) in [5, 5.41) is 7.24. The first-order valence-corrected chi connectivity index (χ1v) is 11.5. The van der Waals surface area contributed by atoms with Crippen molar-refractivity contribution < 1.29 is 17.9 Å². The van der Waals surface area contributed by atoms with E-state index >= 15 is 0 Å². The van der Waals surface area contributed by atoms with Crippen LogP contribution in [-0.2, 0) is 4.74 Å². The molecule has 4 aliphatic rings. The van der Waals surface area contributed by atoms with E-state index in [2.05, 4.69) is 56.1 Å². The van der Waals surface area contributed by atoms with Crippen molar-refractivity contribution in [1.82, 2.24) is 10.6 Å². The molecule has 0 spiro atoms. The molecule has 174 valence electrons. The Morgan fingerprint density at radius 2 is 1.65 bits per heavy atom. The Kier molecular flexibility index (Phi) is 6.93. The number of nitrogens with one attached hydrogen (secondary N) is 2. The highest BCUT2D eigenvalue weighted by atomic mass is 35.5. The van der Waals surface area contributed by atoms with Crippen molar-refractivity contribution in [2.24, 2.45) is 22.7 Å². The summed E-state index contributed by atoms with van der Waals surface area (Å²) >= 11 is 6.29. The lowest BCUT2D eigenvalue weighted by Crippen LogP contribution is -2.39. The van der Waals surface area contributed by atoms with Crippen LogP contribution in [0.1, 0.15) is 60.3 Å². The first kappa shape index (κ1) is 24.2. The number of hydrogen-bond donors (Lipinski definition) is 2. The summed E-state index contributed by atoms with van der Waals surface area (Å²) < 4.78 is 40.3. The Morgan fingerprint density at radius 3 is 2.10 bits per heavy atom. The van der Waals surface area contributed by atoms with E-state index < -0.39 is 12.6 Å². The summed E-state index contributed by atoms with van der Waals surface area (Å²) in [6.07, 6.45) is 5.86. The molecule has 7 heteroatoms. The standard InChI is InChI=1S/C12H18ClN.C12H16F3NO/c1-8(2)12(4-5-12)11-10(13)6-9(3)7-14-11;1-8(2)11(6-7-11)9-4-3-5-10(16-9)17-12(13,14)15/h6,8,14H,4-5,7H2,1-3H3;3-5,8,10,16H,6-7H2,1-2H3. The number of alkyl halides is 3. The average Bonchev–Trinajstić information content (AvgIpc) is 3.54. The zero-order valence-electron chi connectivity index (χ0n) is 19.0. The lowest BCUT2D eigenvalue weighted by Gasteiger charge is -2.30. The number of halogens is 4. The Morgan fingerprint density at radius 1 is 1.06 bits per heavy atom. The number of hydrogen-bond acceptors (Lipinski definition) is 3. The Hall–Kier alpha value is -1.40. The van der Waals surface area contributed by atoms with E-state index in [4.69, 9.17) is 11.6 Å². The third kappa shape index (κ3) is 5.51. The molecule has 1 atom stereocenters. The zero-order chi connectivity index (χ0) is 23.0. The molecule has 2 aliphatic heterocycles. The fraction of sp³-hybridized carbons (Fsp3) is 0.667. The number of ether oxygens (including phenoxy) is 1. The van der Waals surface area contributed by atoms with Crippen LogP contribution in [0.2, 0.25) is 0 Å². The van der Waals surface area contributed by atoms with Crippen LogP contribution in [0.3, 0.4) is 0 Å². The second-order valence-corrected chi connectivity index (χ2v) is 10.2. The van der Waals surface area contributed by atoms with Gasteiger partial charge in [-0.1, -0.05) is 50.9 Å². The van der Waals surface area contributed by atoms with Crippen LogP contribution < -0.4 is 10.6 Å². The minimum Gasteiger partial charge on any atom is -0.383 e. The van der Waals surface area contributed by atoms with E-state index in [9.17, 15) is 13.2 Å². The molecule has 0 aromatic rings. The van der Waals surface area contributed by atoms with Crippen LogP contribution in [0.25, 0.3) is 0 Å². The van der Waals surface area contributed by atoms with Crippen LogP contribution in [0, 0.1) is 22.7 Å². The van der Waals surface area contributed by atoms with Crippen LogP contribution in [0.5, 0.6) is 0 Å². The third-order valence-electron chi connectivity index (χ3n) is 7.09. The van der Waals surface area contributed by atoms with E-state index in [1.807, 2.05) is 6.08 Å². The molecular weight excluding hydrogens is 425 g/mol. The molecule has 0 saturated heterocycles. The van der Waals surface area contributed by atoms with Gasteiger partial charge in [-0.2, -0.15) is 0 Å². The molecule has 2 N–H and O–H groups in total. The molecule has 2 heterocycles. The predicted octanol–water partition coefficient (Wildman–Crippen LogP) is 6.75. The summed E-state index contributed by atoms with van der Waals surface area (Å²) in [4.78, 5) is 0. The van der Waals surface area contributed by atoms with Crippen molar-refractivity contribution in [3.63, 3.8) is 0 Å².